The summed E-state index contributed by atoms with van der Waals surface area (Å²) in [4.78, 5) is 11.5. The molecule has 1 atom stereocenters. The second-order valence-corrected chi connectivity index (χ2v) is 6.79. The van der Waals surface area contributed by atoms with Crippen LogP contribution in [0.1, 0.15) is 39.9 Å². The number of anilines is 2. The summed E-state index contributed by atoms with van der Waals surface area (Å²) in [6.07, 6.45) is 1.23. The Morgan fingerprint density at radius 1 is 1.38 bits per heavy atom. The van der Waals surface area contributed by atoms with Crippen LogP contribution in [-0.4, -0.2) is 36.7 Å². The lowest BCUT2D eigenvalue weighted by molar-refractivity contribution is 0.178. The largest absolute Gasteiger partial charge is 0.377 e. The lowest BCUT2D eigenvalue weighted by Gasteiger charge is -2.27. The highest BCUT2D eigenvalue weighted by molar-refractivity contribution is 5.50. The van der Waals surface area contributed by atoms with Crippen LogP contribution in [0.25, 0.3) is 0 Å². The summed E-state index contributed by atoms with van der Waals surface area (Å²) in [7, 11) is 1.68. The van der Waals surface area contributed by atoms with Crippen LogP contribution in [0.3, 0.4) is 0 Å². The molecule has 1 aromatic heterocycles. The van der Waals surface area contributed by atoms with Crippen molar-refractivity contribution in [3.8, 4) is 0 Å². The maximum absolute atomic E-state index is 5.18. The van der Waals surface area contributed by atoms with Gasteiger partial charge >= 0.3 is 0 Å². The molecule has 0 spiro atoms. The molecule has 1 fully saturated rings. The average Bonchev–Trinajstić information content (AvgIpc) is 2.88. The minimum absolute atomic E-state index is 0.349. The van der Waals surface area contributed by atoms with Crippen LogP contribution in [0.15, 0.2) is 6.07 Å². The Labute approximate surface area is 128 Å². The third-order valence-electron chi connectivity index (χ3n) is 4.13. The Kier molecular flexibility index (Phi) is 5.04. The molecule has 1 N–H and O–H groups in total. The zero-order valence-electron chi connectivity index (χ0n) is 13.9. The number of ether oxygens (including phenoxy) is 1. The Bertz CT molecular complexity index is 446. The minimum atomic E-state index is 0.349. The molecular weight excluding hydrogens is 264 g/mol. The molecule has 1 aromatic rings. The van der Waals surface area contributed by atoms with E-state index in [1.54, 1.807) is 7.11 Å². The van der Waals surface area contributed by atoms with Gasteiger partial charge in [-0.2, -0.15) is 0 Å². The molecule has 2 heterocycles. The molecule has 0 amide bonds. The fourth-order valence-corrected chi connectivity index (χ4v) is 2.79. The Hall–Kier alpha value is -1.36. The molecule has 118 valence electrons. The minimum Gasteiger partial charge on any atom is -0.377 e. The van der Waals surface area contributed by atoms with E-state index in [1.807, 2.05) is 6.07 Å². The van der Waals surface area contributed by atoms with E-state index >= 15 is 0 Å². The van der Waals surface area contributed by atoms with Crippen LogP contribution in [0, 0.1) is 11.3 Å². The molecule has 1 aliphatic rings. The predicted octanol–water partition coefficient (Wildman–Crippen LogP) is 2.93. The first-order chi connectivity index (χ1) is 9.94. The van der Waals surface area contributed by atoms with E-state index in [4.69, 9.17) is 4.74 Å². The van der Waals surface area contributed by atoms with E-state index in [0.717, 1.165) is 37.1 Å². The summed E-state index contributed by atoms with van der Waals surface area (Å²) < 4.78 is 5.18. The van der Waals surface area contributed by atoms with E-state index in [9.17, 15) is 0 Å². The molecular formula is C16H28N4O. The highest BCUT2D eigenvalue weighted by atomic mass is 16.5. The average molecular weight is 292 g/mol. The maximum Gasteiger partial charge on any atom is 0.158 e. The number of methoxy groups -OCH3 is 1. The fraction of sp³-hybridized carbons (Fsp3) is 0.750. The number of hydrogen-bond acceptors (Lipinski definition) is 5. The van der Waals surface area contributed by atoms with E-state index in [2.05, 4.69) is 47.9 Å². The van der Waals surface area contributed by atoms with Crippen LogP contribution in [0.2, 0.25) is 0 Å². The van der Waals surface area contributed by atoms with Gasteiger partial charge in [0.05, 0.1) is 0 Å². The second kappa shape index (κ2) is 6.60. The van der Waals surface area contributed by atoms with Crippen molar-refractivity contribution in [1.29, 1.82) is 0 Å². The second-order valence-electron chi connectivity index (χ2n) is 6.79. The summed E-state index contributed by atoms with van der Waals surface area (Å²) in [5.41, 5.74) is 0.349. The number of nitrogens with one attached hydrogen (secondary N) is 1. The smallest absolute Gasteiger partial charge is 0.158 e. The summed E-state index contributed by atoms with van der Waals surface area (Å²) >= 11 is 0. The Morgan fingerprint density at radius 3 is 2.71 bits per heavy atom. The summed E-state index contributed by atoms with van der Waals surface area (Å²) in [6.45, 7) is 12.5. The molecule has 0 saturated carbocycles. The van der Waals surface area contributed by atoms with Gasteiger partial charge in [-0.1, -0.05) is 20.8 Å². The van der Waals surface area contributed by atoms with Crippen molar-refractivity contribution in [2.24, 2.45) is 11.3 Å². The van der Waals surface area contributed by atoms with Gasteiger partial charge in [-0.25, -0.2) is 9.97 Å². The monoisotopic (exact) mass is 292 g/mol. The number of nitrogens with zero attached hydrogens (tertiary/aromatic N) is 3. The lowest BCUT2D eigenvalue weighted by atomic mass is 9.80. The van der Waals surface area contributed by atoms with Gasteiger partial charge in [0.2, 0.25) is 0 Å². The predicted molar refractivity (Wildman–Crippen MR) is 86.7 cm³/mol. The fourth-order valence-electron chi connectivity index (χ4n) is 2.79. The standard InChI is InChI=1S/C16H28N4O/c1-6-17-13-9-15(19-14(18-13)11-21-5)20-8-7-12(10-20)16(2,3)4/h9,12H,6-8,10-11H2,1-5H3,(H,17,18,19). The van der Waals surface area contributed by atoms with E-state index in [1.165, 1.54) is 6.42 Å². The molecule has 0 bridgehead atoms. The lowest BCUT2D eigenvalue weighted by Crippen LogP contribution is -2.26. The van der Waals surface area contributed by atoms with Crippen LogP contribution >= 0.6 is 0 Å². The third-order valence-corrected chi connectivity index (χ3v) is 4.13. The molecule has 2 rings (SSSR count). The number of rotatable bonds is 5. The van der Waals surface area contributed by atoms with Gasteiger partial charge in [0.1, 0.15) is 18.2 Å². The van der Waals surface area contributed by atoms with E-state index in [0.29, 0.717) is 17.9 Å². The van der Waals surface area contributed by atoms with Crippen molar-refractivity contribution in [3.05, 3.63) is 11.9 Å². The first kappa shape index (κ1) is 16.0. The molecule has 1 aliphatic heterocycles. The van der Waals surface area contributed by atoms with Crippen molar-refractivity contribution in [2.45, 2.75) is 40.7 Å². The Morgan fingerprint density at radius 2 is 2.14 bits per heavy atom. The van der Waals surface area contributed by atoms with Gasteiger partial charge < -0.3 is 15.0 Å². The van der Waals surface area contributed by atoms with Crippen molar-refractivity contribution in [2.75, 3.05) is 37.0 Å². The van der Waals surface area contributed by atoms with Crippen molar-refractivity contribution in [1.82, 2.24) is 9.97 Å². The van der Waals surface area contributed by atoms with Gasteiger partial charge in [0.15, 0.2) is 5.82 Å². The topological polar surface area (TPSA) is 50.3 Å². The molecule has 0 aliphatic carbocycles. The zero-order valence-corrected chi connectivity index (χ0v) is 13.9. The highest BCUT2D eigenvalue weighted by Gasteiger charge is 2.32. The Balaban J connectivity index is 2.19. The van der Waals surface area contributed by atoms with Crippen molar-refractivity contribution >= 4 is 11.6 Å². The number of aromatic nitrogens is 2. The van der Waals surface area contributed by atoms with E-state index in [-0.39, 0.29) is 0 Å². The quantitative estimate of drug-likeness (QED) is 0.904. The number of hydrogen-bond donors (Lipinski definition) is 1. The van der Waals surface area contributed by atoms with Crippen LogP contribution in [0.4, 0.5) is 11.6 Å². The van der Waals surface area contributed by atoms with Crippen molar-refractivity contribution < 1.29 is 4.74 Å². The maximum atomic E-state index is 5.18. The van der Waals surface area contributed by atoms with Crippen LogP contribution in [-0.2, 0) is 11.3 Å². The first-order valence-corrected chi connectivity index (χ1v) is 7.79. The van der Waals surface area contributed by atoms with Gasteiger partial charge in [-0.05, 0) is 24.7 Å². The van der Waals surface area contributed by atoms with Gasteiger partial charge in [0.25, 0.3) is 0 Å². The van der Waals surface area contributed by atoms with Crippen molar-refractivity contribution in [3.63, 3.8) is 0 Å². The first-order valence-electron chi connectivity index (χ1n) is 7.79. The van der Waals surface area contributed by atoms with Gasteiger partial charge in [-0.3, -0.25) is 0 Å². The highest BCUT2D eigenvalue weighted by Crippen LogP contribution is 2.35. The normalized spacial score (nSPS) is 19.1. The SMILES string of the molecule is CCNc1cc(N2CCC(C(C)(C)C)C2)nc(COC)n1. The molecule has 1 unspecified atom stereocenters. The molecule has 5 heteroatoms. The molecule has 1 saturated heterocycles. The molecule has 5 nitrogen and oxygen atoms in total. The van der Waals surface area contributed by atoms with Gasteiger partial charge in [0, 0.05) is 32.8 Å². The molecule has 21 heavy (non-hydrogen) atoms. The summed E-state index contributed by atoms with van der Waals surface area (Å²) in [6, 6.07) is 2.05. The zero-order chi connectivity index (χ0) is 15.5. The van der Waals surface area contributed by atoms with E-state index < -0.39 is 0 Å². The summed E-state index contributed by atoms with van der Waals surface area (Å²) in [5, 5.41) is 3.28. The van der Waals surface area contributed by atoms with Crippen LogP contribution in [0.5, 0.6) is 0 Å². The molecule has 0 aromatic carbocycles. The summed E-state index contributed by atoms with van der Waals surface area (Å²) in [5.74, 6) is 3.35. The van der Waals surface area contributed by atoms with Gasteiger partial charge in [-0.15, -0.1) is 0 Å². The molecule has 0 radical (unpaired) electrons. The third kappa shape index (κ3) is 4.06. The van der Waals surface area contributed by atoms with Crippen LogP contribution < -0.4 is 10.2 Å².